The van der Waals surface area contributed by atoms with Gasteiger partial charge in [-0.15, -0.1) is 0 Å². The van der Waals surface area contributed by atoms with Crippen LogP contribution in [-0.4, -0.2) is 40.7 Å². The van der Waals surface area contributed by atoms with E-state index in [4.69, 9.17) is 10.5 Å². The number of rotatable bonds is 1. The summed E-state index contributed by atoms with van der Waals surface area (Å²) < 4.78 is 5.46. The standard InChI is InChI=1S/C9H19NO3/c1-4(2)9-8(12)6(10)7(11)5(3)13-9/h4-9,11-12H,10H2,1-3H3/t5?,6?,7-,8+,9-/m0/s1. The summed E-state index contributed by atoms with van der Waals surface area (Å²) in [5.74, 6) is 0.205. The molecule has 1 aliphatic rings. The van der Waals surface area contributed by atoms with Crippen LogP contribution in [0.1, 0.15) is 20.8 Å². The lowest BCUT2D eigenvalue weighted by atomic mass is 9.88. The highest BCUT2D eigenvalue weighted by Gasteiger charge is 2.41. The molecule has 0 bridgehead atoms. The Morgan fingerprint density at radius 2 is 1.77 bits per heavy atom. The number of ether oxygens (including phenoxy) is 1. The van der Waals surface area contributed by atoms with Crippen molar-refractivity contribution in [2.24, 2.45) is 11.7 Å². The molecule has 4 N–H and O–H groups in total. The molecular formula is C9H19NO3. The van der Waals surface area contributed by atoms with Gasteiger partial charge in [0.25, 0.3) is 0 Å². The summed E-state index contributed by atoms with van der Waals surface area (Å²) in [6.45, 7) is 5.70. The van der Waals surface area contributed by atoms with Crippen LogP contribution < -0.4 is 5.73 Å². The van der Waals surface area contributed by atoms with E-state index < -0.39 is 18.2 Å². The third-order valence-corrected chi connectivity index (χ3v) is 2.64. The van der Waals surface area contributed by atoms with Crippen molar-refractivity contribution in [3.63, 3.8) is 0 Å². The molecule has 1 saturated heterocycles. The Bertz CT molecular complexity index is 174. The van der Waals surface area contributed by atoms with Crippen LogP contribution in [-0.2, 0) is 4.74 Å². The zero-order chi connectivity index (χ0) is 10.2. The number of hydrogen-bond acceptors (Lipinski definition) is 4. The fourth-order valence-corrected chi connectivity index (χ4v) is 1.69. The molecule has 4 heteroatoms. The zero-order valence-electron chi connectivity index (χ0n) is 8.34. The summed E-state index contributed by atoms with van der Waals surface area (Å²) in [7, 11) is 0. The van der Waals surface area contributed by atoms with Crippen molar-refractivity contribution in [1.29, 1.82) is 0 Å². The molecule has 4 nitrogen and oxygen atoms in total. The van der Waals surface area contributed by atoms with E-state index in [1.54, 1.807) is 6.92 Å². The van der Waals surface area contributed by atoms with Crippen LogP contribution in [0.3, 0.4) is 0 Å². The second kappa shape index (κ2) is 3.92. The molecule has 0 aromatic carbocycles. The summed E-state index contributed by atoms with van der Waals surface area (Å²) in [5, 5.41) is 19.2. The lowest BCUT2D eigenvalue weighted by Gasteiger charge is -2.41. The second-order valence-electron chi connectivity index (χ2n) is 4.11. The third kappa shape index (κ3) is 2.02. The van der Waals surface area contributed by atoms with Crippen molar-refractivity contribution in [2.75, 3.05) is 0 Å². The molecule has 1 fully saturated rings. The minimum atomic E-state index is -0.773. The highest BCUT2D eigenvalue weighted by atomic mass is 16.5. The maximum absolute atomic E-state index is 9.69. The van der Waals surface area contributed by atoms with E-state index in [1.807, 2.05) is 13.8 Å². The van der Waals surface area contributed by atoms with E-state index in [9.17, 15) is 10.2 Å². The Labute approximate surface area is 78.7 Å². The molecule has 0 amide bonds. The van der Waals surface area contributed by atoms with Crippen LogP contribution in [0.5, 0.6) is 0 Å². The average Bonchev–Trinajstić information content (AvgIpc) is 2.07. The molecular weight excluding hydrogens is 170 g/mol. The molecule has 78 valence electrons. The second-order valence-corrected chi connectivity index (χ2v) is 4.11. The Balaban J connectivity index is 2.70. The predicted octanol–water partition coefficient (Wildman–Crippen LogP) is -0.521. The fourth-order valence-electron chi connectivity index (χ4n) is 1.69. The van der Waals surface area contributed by atoms with E-state index in [1.165, 1.54) is 0 Å². The van der Waals surface area contributed by atoms with Crippen molar-refractivity contribution in [3.8, 4) is 0 Å². The van der Waals surface area contributed by atoms with Crippen LogP contribution in [0.2, 0.25) is 0 Å². The average molecular weight is 189 g/mol. The minimum absolute atomic E-state index is 0.205. The van der Waals surface area contributed by atoms with Crippen molar-refractivity contribution in [2.45, 2.75) is 51.2 Å². The lowest BCUT2D eigenvalue weighted by molar-refractivity contribution is -0.184. The molecule has 0 spiro atoms. The highest BCUT2D eigenvalue weighted by Crippen LogP contribution is 2.24. The Morgan fingerprint density at radius 1 is 1.23 bits per heavy atom. The van der Waals surface area contributed by atoms with Crippen LogP contribution in [0.15, 0.2) is 0 Å². The number of aliphatic hydroxyl groups excluding tert-OH is 2. The monoisotopic (exact) mass is 189 g/mol. The van der Waals surface area contributed by atoms with E-state index in [0.717, 1.165) is 0 Å². The van der Waals surface area contributed by atoms with Gasteiger partial charge >= 0.3 is 0 Å². The molecule has 5 atom stereocenters. The first-order chi connectivity index (χ1) is 5.95. The Morgan fingerprint density at radius 3 is 2.23 bits per heavy atom. The predicted molar refractivity (Wildman–Crippen MR) is 49.2 cm³/mol. The number of nitrogens with two attached hydrogens (primary N) is 1. The summed E-state index contributed by atoms with van der Waals surface area (Å²) >= 11 is 0. The molecule has 0 saturated carbocycles. The van der Waals surface area contributed by atoms with Crippen LogP contribution in [0, 0.1) is 5.92 Å². The number of aliphatic hydroxyl groups is 2. The molecule has 0 aromatic rings. The highest BCUT2D eigenvalue weighted by molar-refractivity contribution is 4.94. The third-order valence-electron chi connectivity index (χ3n) is 2.64. The summed E-state index contributed by atoms with van der Waals surface area (Å²) in [6.07, 6.45) is -2.12. The first-order valence-electron chi connectivity index (χ1n) is 4.72. The van der Waals surface area contributed by atoms with Crippen LogP contribution >= 0.6 is 0 Å². The van der Waals surface area contributed by atoms with Gasteiger partial charge in [0.05, 0.1) is 30.5 Å². The molecule has 0 aromatic heterocycles. The van der Waals surface area contributed by atoms with Gasteiger partial charge in [-0.05, 0) is 12.8 Å². The fraction of sp³-hybridized carbons (Fsp3) is 1.00. The van der Waals surface area contributed by atoms with Crippen molar-refractivity contribution in [1.82, 2.24) is 0 Å². The molecule has 2 unspecified atom stereocenters. The lowest BCUT2D eigenvalue weighted by Crippen LogP contribution is -2.61. The summed E-state index contributed by atoms with van der Waals surface area (Å²) in [6, 6.07) is -0.601. The smallest absolute Gasteiger partial charge is 0.0981 e. The van der Waals surface area contributed by atoms with E-state index >= 15 is 0 Å². The molecule has 1 heterocycles. The van der Waals surface area contributed by atoms with Gasteiger partial charge in [-0.25, -0.2) is 0 Å². The van der Waals surface area contributed by atoms with Crippen molar-refractivity contribution < 1.29 is 14.9 Å². The first kappa shape index (κ1) is 10.9. The Kier molecular flexibility index (Phi) is 3.29. The van der Waals surface area contributed by atoms with Gasteiger partial charge in [0.15, 0.2) is 0 Å². The van der Waals surface area contributed by atoms with Gasteiger partial charge < -0.3 is 20.7 Å². The van der Waals surface area contributed by atoms with Gasteiger partial charge in [-0.1, -0.05) is 13.8 Å². The van der Waals surface area contributed by atoms with Gasteiger partial charge in [-0.2, -0.15) is 0 Å². The zero-order valence-corrected chi connectivity index (χ0v) is 8.34. The Hall–Kier alpha value is -0.160. The van der Waals surface area contributed by atoms with Gasteiger partial charge in [0.1, 0.15) is 0 Å². The summed E-state index contributed by atoms with van der Waals surface area (Å²) in [5.41, 5.74) is 5.66. The summed E-state index contributed by atoms with van der Waals surface area (Å²) in [4.78, 5) is 0. The maximum Gasteiger partial charge on any atom is 0.0981 e. The van der Waals surface area contributed by atoms with Gasteiger partial charge in [0.2, 0.25) is 0 Å². The molecule has 1 aliphatic heterocycles. The van der Waals surface area contributed by atoms with E-state index in [-0.39, 0.29) is 18.1 Å². The minimum Gasteiger partial charge on any atom is -0.389 e. The topological polar surface area (TPSA) is 75.7 Å². The maximum atomic E-state index is 9.69. The van der Waals surface area contributed by atoms with Gasteiger partial charge in [0, 0.05) is 0 Å². The molecule has 13 heavy (non-hydrogen) atoms. The van der Waals surface area contributed by atoms with Crippen molar-refractivity contribution in [3.05, 3.63) is 0 Å². The van der Waals surface area contributed by atoms with Crippen molar-refractivity contribution >= 4 is 0 Å². The van der Waals surface area contributed by atoms with E-state index in [0.29, 0.717) is 0 Å². The normalized spacial score (nSPS) is 46.8. The quantitative estimate of drug-likeness (QED) is 0.519. The largest absolute Gasteiger partial charge is 0.389 e. The van der Waals surface area contributed by atoms with Crippen LogP contribution in [0.4, 0.5) is 0 Å². The molecule has 0 radical (unpaired) electrons. The molecule has 1 rings (SSSR count). The first-order valence-corrected chi connectivity index (χ1v) is 4.72. The molecule has 0 aliphatic carbocycles. The van der Waals surface area contributed by atoms with Crippen LogP contribution in [0.25, 0.3) is 0 Å². The van der Waals surface area contributed by atoms with E-state index in [2.05, 4.69) is 0 Å². The van der Waals surface area contributed by atoms with Gasteiger partial charge in [-0.3, -0.25) is 0 Å². The SMILES string of the molecule is CC1O[C@@H](C(C)C)[C@H](O)C(N)[C@H]1O. The number of hydrogen-bond donors (Lipinski definition) is 3.